The molecule has 0 radical (unpaired) electrons. The van der Waals surface area contributed by atoms with E-state index in [9.17, 15) is 13.2 Å². The van der Waals surface area contributed by atoms with Gasteiger partial charge in [0.15, 0.2) is 0 Å². The van der Waals surface area contributed by atoms with Gasteiger partial charge < -0.3 is 4.90 Å². The van der Waals surface area contributed by atoms with Gasteiger partial charge in [-0.25, -0.2) is 8.42 Å². The van der Waals surface area contributed by atoms with Gasteiger partial charge >= 0.3 is 0 Å². The smallest absolute Gasteiger partial charge is 0.246 e. The van der Waals surface area contributed by atoms with Crippen LogP contribution in [0, 0.1) is 20.8 Å². The fourth-order valence-electron chi connectivity index (χ4n) is 3.48. The van der Waals surface area contributed by atoms with E-state index in [1.54, 1.807) is 22.7 Å². The molecule has 1 aliphatic heterocycles. The number of halogens is 1. The van der Waals surface area contributed by atoms with Gasteiger partial charge in [0.2, 0.25) is 15.9 Å². The summed E-state index contributed by atoms with van der Waals surface area (Å²) in [7, 11) is -3.60. The molecule has 0 unspecified atom stereocenters. The lowest BCUT2D eigenvalue weighted by atomic mass is 10.3. The largest absolute Gasteiger partial charge is 0.340 e. The van der Waals surface area contributed by atoms with Crippen molar-refractivity contribution in [3.63, 3.8) is 0 Å². The summed E-state index contributed by atoms with van der Waals surface area (Å²) >= 11 is 3.49. The minimum atomic E-state index is -3.60. The van der Waals surface area contributed by atoms with E-state index in [4.69, 9.17) is 0 Å². The second-order valence-electron chi connectivity index (χ2n) is 7.18. The van der Waals surface area contributed by atoms with E-state index in [1.165, 1.54) is 4.31 Å². The Labute approximate surface area is 179 Å². The number of aryl methyl sites for hydroxylation is 4. The first-order valence-electron chi connectivity index (χ1n) is 9.66. The van der Waals surface area contributed by atoms with Crippen LogP contribution in [0.4, 0.5) is 0 Å². The highest BCUT2D eigenvalue weighted by Gasteiger charge is 2.32. The van der Waals surface area contributed by atoms with Crippen LogP contribution in [0.25, 0.3) is 0 Å². The van der Waals surface area contributed by atoms with E-state index in [0.29, 0.717) is 38.3 Å². The summed E-state index contributed by atoms with van der Waals surface area (Å²) in [6, 6.07) is 0. The molecule has 0 saturated carbocycles. The van der Waals surface area contributed by atoms with Gasteiger partial charge in [-0.15, -0.1) is 0 Å². The third kappa shape index (κ3) is 4.41. The van der Waals surface area contributed by atoms with Crippen molar-refractivity contribution in [1.29, 1.82) is 0 Å². The molecule has 29 heavy (non-hydrogen) atoms. The summed E-state index contributed by atoms with van der Waals surface area (Å²) in [6.45, 7) is 9.97. The molecule has 9 nitrogen and oxygen atoms in total. The van der Waals surface area contributed by atoms with Crippen molar-refractivity contribution >= 4 is 31.9 Å². The minimum Gasteiger partial charge on any atom is -0.340 e. The fraction of sp³-hybridized carbons (Fsp3) is 0.611. The molecule has 1 amide bonds. The highest BCUT2D eigenvalue weighted by Crippen LogP contribution is 2.22. The zero-order valence-electron chi connectivity index (χ0n) is 17.2. The summed E-state index contributed by atoms with van der Waals surface area (Å²) in [5.74, 6) is 0.0145. The number of amides is 1. The number of hydrogen-bond donors (Lipinski definition) is 0. The highest BCUT2D eigenvalue weighted by molar-refractivity contribution is 9.10. The van der Waals surface area contributed by atoms with Crippen LogP contribution in [0.1, 0.15) is 30.4 Å². The minimum absolute atomic E-state index is 0.0145. The van der Waals surface area contributed by atoms with Gasteiger partial charge in [0, 0.05) is 51.0 Å². The molecular weight excluding hydrogens is 460 g/mol. The average Bonchev–Trinajstić information content (AvgIpc) is 3.21. The summed E-state index contributed by atoms with van der Waals surface area (Å²) in [6.07, 6.45) is 1.91. The lowest BCUT2D eigenvalue weighted by molar-refractivity contribution is -0.132. The Hall–Kier alpha value is -1.72. The lowest BCUT2D eigenvalue weighted by Gasteiger charge is -2.34. The molecule has 1 saturated heterocycles. The topological polar surface area (TPSA) is 93.3 Å². The fourth-order valence-corrected chi connectivity index (χ4v) is 5.36. The number of piperazine rings is 1. The lowest BCUT2D eigenvalue weighted by Crippen LogP contribution is -2.50. The third-order valence-electron chi connectivity index (χ3n) is 5.27. The predicted molar refractivity (Wildman–Crippen MR) is 112 cm³/mol. The zero-order chi connectivity index (χ0) is 21.3. The molecule has 160 valence electrons. The van der Waals surface area contributed by atoms with Crippen LogP contribution in [-0.2, 0) is 27.9 Å². The zero-order valence-corrected chi connectivity index (χ0v) is 19.6. The van der Waals surface area contributed by atoms with E-state index >= 15 is 0 Å². The number of nitrogens with zero attached hydrogens (tertiary/aromatic N) is 6. The van der Waals surface area contributed by atoms with E-state index in [2.05, 4.69) is 26.1 Å². The van der Waals surface area contributed by atoms with Gasteiger partial charge in [-0.3, -0.25) is 14.2 Å². The van der Waals surface area contributed by atoms with Crippen LogP contribution in [0.15, 0.2) is 15.6 Å². The molecule has 2 aromatic rings. The molecule has 2 aromatic heterocycles. The normalized spacial score (nSPS) is 15.8. The first-order valence-corrected chi connectivity index (χ1v) is 11.9. The summed E-state index contributed by atoms with van der Waals surface area (Å²) < 4.78 is 31.8. The van der Waals surface area contributed by atoms with Crippen molar-refractivity contribution in [2.45, 2.75) is 52.1 Å². The molecule has 1 aliphatic rings. The number of sulfonamides is 1. The van der Waals surface area contributed by atoms with Gasteiger partial charge in [-0.1, -0.05) is 0 Å². The van der Waals surface area contributed by atoms with E-state index in [1.807, 2.05) is 25.5 Å². The van der Waals surface area contributed by atoms with E-state index < -0.39 is 10.0 Å². The molecule has 11 heteroatoms. The number of hydrogen-bond acceptors (Lipinski definition) is 5. The van der Waals surface area contributed by atoms with Crippen molar-refractivity contribution in [2.24, 2.45) is 0 Å². The molecule has 0 aromatic carbocycles. The first kappa shape index (κ1) is 22.0. The molecule has 0 spiro atoms. The number of rotatable bonds is 6. The molecule has 0 bridgehead atoms. The van der Waals surface area contributed by atoms with E-state index in [0.717, 1.165) is 15.9 Å². The molecular formula is C18H27BrN6O3S. The van der Waals surface area contributed by atoms with Crippen molar-refractivity contribution < 1.29 is 13.2 Å². The van der Waals surface area contributed by atoms with Crippen LogP contribution >= 0.6 is 15.9 Å². The Bertz CT molecular complexity index is 1010. The average molecular weight is 487 g/mol. The second kappa shape index (κ2) is 8.57. The predicted octanol–water partition coefficient (Wildman–Crippen LogP) is 1.71. The summed E-state index contributed by atoms with van der Waals surface area (Å²) in [5, 5.41) is 8.66. The van der Waals surface area contributed by atoms with Crippen LogP contribution in [0.2, 0.25) is 0 Å². The van der Waals surface area contributed by atoms with Crippen molar-refractivity contribution in [3.05, 3.63) is 27.8 Å². The standard InChI is InChI=1S/C18H27BrN6O3S/c1-5-23-12-16(13(2)20-23)29(27,28)24-10-8-22(9-11-24)17(26)6-7-25-15(4)18(19)14(3)21-25/h12H,5-11H2,1-4H3. The Morgan fingerprint density at radius 3 is 2.28 bits per heavy atom. The maximum Gasteiger partial charge on any atom is 0.246 e. The van der Waals surface area contributed by atoms with Crippen molar-refractivity contribution in [1.82, 2.24) is 28.8 Å². The maximum absolute atomic E-state index is 12.9. The van der Waals surface area contributed by atoms with Gasteiger partial charge in [0.25, 0.3) is 0 Å². The Morgan fingerprint density at radius 2 is 1.76 bits per heavy atom. The quantitative estimate of drug-likeness (QED) is 0.619. The van der Waals surface area contributed by atoms with Crippen LogP contribution in [0.3, 0.4) is 0 Å². The van der Waals surface area contributed by atoms with Crippen molar-refractivity contribution in [3.8, 4) is 0 Å². The van der Waals surface area contributed by atoms with E-state index in [-0.39, 0.29) is 23.9 Å². The molecule has 1 fully saturated rings. The van der Waals surface area contributed by atoms with Gasteiger partial charge in [0.05, 0.1) is 22.4 Å². The monoisotopic (exact) mass is 486 g/mol. The number of carbonyl (C=O) groups excluding carboxylic acids is 1. The summed E-state index contributed by atoms with van der Waals surface area (Å²) in [4.78, 5) is 14.6. The number of carbonyl (C=O) groups is 1. The maximum atomic E-state index is 12.9. The van der Waals surface area contributed by atoms with Gasteiger partial charge in [-0.05, 0) is 43.6 Å². The number of aromatic nitrogens is 4. The van der Waals surface area contributed by atoms with Crippen LogP contribution in [-0.4, -0.2) is 69.3 Å². The second-order valence-corrected chi connectivity index (χ2v) is 9.88. The summed E-state index contributed by atoms with van der Waals surface area (Å²) in [5.41, 5.74) is 2.39. The highest BCUT2D eigenvalue weighted by atomic mass is 79.9. The third-order valence-corrected chi connectivity index (χ3v) is 8.41. The van der Waals surface area contributed by atoms with Crippen molar-refractivity contribution in [2.75, 3.05) is 26.2 Å². The molecule has 3 rings (SSSR count). The van der Waals surface area contributed by atoms with Crippen LogP contribution in [0.5, 0.6) is 0 Å². The molecule has 0 atom stereocenters. The molecule has 0 aliphatic carbocycles. The Morgan fingerprint density at radius 1 is 1.10 bits per heavy atom. The van der Waals surface area contributed by atoms with Gasteiger partial charge in [0.1, 0.15) is 4.90 Å². The SMILES string of the molecule is CCn1cc(S(=O)(=O)N2CCN(C(=O)CCn3nc(C)c(Br)c3C)CC2)c(C)n1. The molecule has 0 N–H and O–H groups in total. The van der Waals surface area contributed by atoms with Crippen LogP contribution < -0.4 is 0 Å². The first-order chi connectivity index (χ1) is 13.6. The van der Waals surface area contributed by atoms with Gasteiger partial charge in [-0.2, -0.15) is 14.5 Å². The Kier molecular flexibility index (Phi) is 6.49. The Balaban J connectivity index is 1.58. The molecule has 3 heterocycles.